The summed E-state index contributed by atoms with van der Waals surface area (Å²) in [6, 6.07) is 13.6. The van der Waals surface area contributed by atoms with Gasteiger partial charge >= 0.3 is 5.97 Å². The Labute approximate surface area is 198 Å². The molecule has 0 aliphatic carbocycles. The van der Waals surface area contributed by atoms with Crippen LogP contribution in [0.2, 0.25) is 0 Å². The average molecular weight is 535 g/mol. The zero-order valence-electron chi connectivity index (χ0n) is 18.6. The molecule has 0 spiro atoms. The number of anilines is 1. The molecule has 1 atom stereocenters. The second kappa shape index (κ2) is 10.6. The lowest BCUT2D eigenvalue weighted by Crippen LogP contribution is -2.60. The maximum atomic E-state index is 13.4. The molecule has 1 fully saturated rings. The Morgan fingerprint density at radius 3 is 2.29 bits per heavy atom. The maximum absolute atomic E-state index is 13.4. The second-order valence-electron chi connectivity index (χ2n) is 8.51. The third-order valence-corrected chi connectivity index (χ3v) is 6.86. The van der Waals surface area contributed by atoms with E-state index >= 15 is 0 Å². The highest BCUT2D eigenvalue weighted by Gasteiger charge is 2.45. The van der Waals surface area contributed by atoms with Gasteiger partial charge in [0, 0.05) is 28.5 Å². The third-order valence-electron chi connectivity index (χ3n) is 6.24. The van der Waals surface area contributed by atoms with Gasteiger partial charge in [0.05, 0.1) is 13.1 Å². The molecule has 31 heavy (non-hydrogen) atoms. The minimum atomic E-state index is -0.273. The van der Waals surface area contributed by atoms with Crippen molar-refractivity contribution < 1.29 is 18.8 Å². The molecule has 1 amide bonds. The van der Waals surface area contributed by atoms with Gasteiger partial charge in [0.25, 0.3) is 5.91 Å². The van der Waals surface area contributed by atoms with Crippen molar-refractivity contribution in [2.45, 2.75) is 52.7 Å². The zero-order valence-corrected chi connectivity index (χ0v) is 20.8. The summed E-state index contributed by atoms with van der Waals surface area (Å²) < 4.78 is 7.21. The van der Waals surface area contributed by atoms with E-state index in [0.717, 1.165) is 51.9 Å². The summed E-state index contributed by atoms with van der Waals surface area (Å²) in [6.45, 7) is 8.24. The van der Waals surface area contributed by atoms with E-state index in [1.54, 1.807) is 0 Å². The Morgan fingerprint density at radius 1 is 1.10 bits per heavy atom. The van der Waals surface area contributed by atoms with E-state index in [0.29, 0.717) is 10.9 Å². The number of hydrogen-bond donors (Lipinski definition) is 1. The second-order valence-corrected chi connectivity index (χ2v) is 9.75. The van der Waals surface area contributed by atoms with E-state index in [-0.39, 0.29) is 31.1 Å². The molecule has 1 unspecified atom stereocenters. The van der Waals surface area contributed by atoms with Crippen molar-refractivity contribution in [3.63, 3.8) is 0 Å². The summed E-state index contributed by atoms with van der Waals surface area (Å²) >= 11 is 2.29. The Kier molecular flexibility index (Phi) is 8.11. The summed E-state index contributed by atoms with van der Waals surface area (Å²) in [6.07, 6.45) is 2.73. The van der Waals surface area contributed by atoms with Crippen LogP contribution in [0.4, 0.5) is 5.69 Å². The standard InChI is InChI=1S/C25H31IN2O3/c1-4-22(25(30)27-24-18(2)14-21(26)15-19(24)3)28(12-8-9-13-28)16-23(29)31-17-20-10-6-5-7-11-20/h5-7,10-11,14-15,22H,4,8-9,12-13,16-17H2,1-3H3/p+1. The molecular weight excluding hydrogens is 503 g/mol. The number of carbonyl (C=O) groups is 2. The quantitative estimate of drug-likeness (QED) is 0.295. The van der Waals surface area contributed by atoms with Crippen molar-refractivity contribution in [1.82, 2.24) is 0 Å². The van der Waals surface area contributed by atoms with Crippen molar-refractivity contribution in [3.8, 4) is 0 Å². The van der Waals surface area contributed by atoms with Gasteiger partial charge in [-0.05, 0) is 65.3 Å². The van der Waals surface area contributed by atoms with Gasteiger partial charge in [0.1, 0.15) is 6.61 Å². The van der Waals surface area contributed by atoms with Crippen LogP contribution in [-0.2, 0) is 20.9 Å². The molecule has 1 heterocycles. The molecule has 6 heteroatoms. The number of nitrogens with one attached hydrogen (secondary N) is 1. The average Bonchev–Trinajstić information content (AvgIpc) is 3.19. The van der Waals surface area contributed by atoms with Crippen molar-refractivity contribution >= 4 is 40.2 Å². The number of halogens is 1. The van der Waals surface area contributed by atoms with Gasteiger partial charge in [-0.15, -0.1) is 0 Å². The van der Waals surface area contributed by atoms with Gasteiger partial charge in [-0.1, -0.05) is 37.3 Å². The SMILES string of the molecule is CCC(C(=O)Nc1c(C)cc(I)cc1C)[N+]1(CC(=O)OCc2ccccc2)CCCC1. The topological polar surface area (TPSA) is 55.4 Å². The lowest BCUT2D eigenvalue weighted by molar-refractivity contribution is -0.924. The maximum Gasteiger partial charge on any atom is 0.362 e. The van der Waals surface area contributed by atoms with Gasteiger partial charge in [0.2, 0.25) is 0 Å². The van der Waals surface area contributed by atoms with Crippen molar-refractivity contribution in [2.24, 2.45) is 0 Å². The molecule has 0 saturated carbocycles. The van der Waals surface area contributed by atoms with Crippen LogP contribution in [0.15, 0.2) is 42.5 Å². The highest BCUT2D eigenvalue weighted by molar-refractivity contribution is 14.1. The number of benzene rings is 2. The number of esters is 1. The van der Waals surface area contributed by atoms with Crippen LogP contribution in [0.1, 0.15) is 42.9 Å². The molecule has 0 bridgehead atoms. The number of rotatable bonds is 8. The molecule has 0 aromatic heterocycles. The molecule has 1 saturated heterocycles. The van der Waals surface area contributed by atoms with Crippen LogP contribution in [0, 0.1) is 17.4 Å². The van der Waals surface area contributed by atoms with Gasteiger partial charge in [-0.3, -0.25) is 4.79 Å². The van der Waals surface area contributed by atoms with Gasteiger partial charge < -0.3 is 14.5 Å². The number of carbonyl (C=O) groups excluding carboxylic acids is 2. The number of aryl methyl sites for hydroxylation is 2. The number of ether oxygens (including phenoxy) is 1. The molecule has 1 aliphatic heterocycles. The molecule has 166 valence electrons. The minimum absolute atomic E-state index is 0.00679. The summed E-state index contributed by atoms with van der Waals surface area (Å²) in [5, 5.41) is 3.18. The molecule has 2 aromatic carbocycles. The Hall–Kier alpha value is -1.93. The van der Waals surface area contributed by atoms with Crippen molar-refractivity contribution in [1.29, 1.82) is 0 Å². The molecule has 1 aliphatic rings. The molecule has 3 rings (SSSR count). The number of likely N-dealkylation sites (tertiary alicyclic amines) is 1. The first-order valence-corrected chi connectivity index (χ1v) is 12.1. The van der Waals surface area contributed by atoms with Crippen LogP contribution in [0.5, 0.6) is 0 Å². The highest BCUT2D eigenvalue weighted by atomic mass is 127. The van der Waals surface area contributed by atoms with Crippen molar-refractivity contribution in [2.75, 3.05) is 25.0 Å². The predicted molar refractivity (Wildman–Crippen MR) is 132 cm³/mol. The fourth-order valence-corrected chi connectivity index (χ4v) is 5.66. The monoisotopic (exact) mass is 535 g/mol. The van der Waals surface area contributed by atoms with Crippen LogP contribution in [0.25, 0.3) is 0 Å². The van der Waals surface area contributed by atoms with Crippen LogP contribution in [-0.4, -0.2) is 42.0 Å². The first kappa shape index (κ1) is 23.7. The van der Waals surface area contributed by atoms with Crippen LogP contribution >= 0.6 is 22.6 Å². The van der Waals surface area contributed by atoms with E-state index in [4.69, 9.17) is 4.74 Å². The fraction of sp³-hybridized carbons (Fsp3) is 0.440. The van der Waals surface area contributed by atoms with E-state index in [9.17, 15) is 9.59 Å². The van der Waals surface area contributed by atoms with Crippen molar-refractivity contribution in [3.05, 3.63) is 62.7 Å². The zero-order chi connectivity index (χ0) is 22.4. The van der Waals surface area contributed by atoms with E-state index in [1.165, 1.54) is 0 Å². The Balaban J connectivity index is 1.73. The van der Waals surface area contributed by atoms with Gasteiger partial charge in [-0.2, -0.15) is 0 Å². The smallest absolute Gasteiger partial charge is 0.362 e. The molecule has 5 nitrogen and oxygen atoms in total. The number of quaternary nitrogens is 1. The van der Waals surface area contributed by atoms with Crippen LogP contribution in [0.3, 0.4) is 0 Å². The van der Waals surface area contributed by atoms with Crippen LogP contribution < -0.4 is 5.32 Å². The Bertz CT molecular complexity index is 901. The number of hydrogen-bond acceptors (Lipinski definition) is 3. The first-order valence-electron chi connectivity index (χ1n) is 11.0. The summed E-state index contributed by atoms with van der Waals surface area (Å²) in [7, 11) is 0. The first-order chi connectivity index (χ1) is 14.8. The largest absolute Gasteiger partial charge is 0.457 e. The van der Waals surface area contributed by atoms with Gasteiger partial charge in [0.15, 0.2) is 12.6 Å². The molecule has 2 aromatic rings. The summed E-state index contributed by atoms with van der Waals surface area (Å²) in [4.78, 5) is 26.2. The fourth-order valence-electron chi connectivity index (χ4n) is 4.72. The number of nitrogens with zero attached hydrogens (tertiary/aromatic N) is 1. The van der Waals surface area contributed by atoms with E-state index < -0.39 is 0 Å². The molecular formula is C25H32IN2O3+. The van der Waals surface area contributed by atoms with Gasteiger partial charge in [-0.25, -0.2) is 4.79 Å². The molecule has 1 N–H and O–H groups in total. The highest BCUT2D eigenvalue weighted by Crippen LogP contribution is 2.29. The normalized spacial score (nSPS) is 16.0. The molecule has 0 radical (unpaired) electrons. The minimum Gasteiger partial charge on any atom is -0.457 e. The summed E-state index contributed by atoms with van der Waals surface area (Å²) in [5.74, 6) is -0.244. The predicted octanol–water partition coefficient (Wildman–Crippen LogP) is 4.98. The van der Waals surface area contributed by atoms with E-state index in [1.807, 2.05) is 51.1 Å². The lowest BCUT2D eigenvalue weighted by Gasteiger charge is -2.39. The lowest BCUT2D eigenvalue weighted by atomic mass is 10.1. The van der Waals surface area contributed by atoms with E-state index in [2.05, 4.69) is 40.0 Å². The summed E-state index contributed by atoms with van der Waals surface area (Å²) in [5.41, 5.74) is 3.97. The number of amides is 1. The third kappa shape index (κ3) is 5.86. The Morgan fingerprint density at radius 2 is 1.71 bits per heavy atom.